The van der Waals surface area contributed by atoms with Crippen molar-refractivity contribution in [2.24, 2.45) is 5.92 Å². The zero-order chi connectivity index (χ0) is 18.5. The Morgan fingerprint density at radius 2 is 2.04 bits per heavy atom. The van der Waals surface area contributed by atoms with E-state index >= 15 is 0 Å². The number of pyridine rings is 1. The third-order valence-corrected chi connectivity index (χ3v) is 6.91. The number of hydrogen-bond acceptors (Lipinski definition) is 4. The molecule has 0 bridgehead atoms. The Morgan fingerprint density at radius 3 is 2.81 bits per heavy atom. The van der Waals surface area contributed by atoms with Crippen LogP contribution in [0.15, 0.2) is 46.2 Å². The second-order valence-electron chi connectivity index (χ2n) is 6.78. The molecule has 0 saturated carbocycles. The fourth-order valence-electron chi connectivity index (χ4n) is 3.49. The first-order chi connectivity index (χ1) is 12.4. The van der Waals surface area contributed by atoms with Gasteiger partial charge >= 0.3 is 0 Å². The van der Waals surface area contributed by atoms with Crippen molar-refractivity contribution in [2.45, 2.75) is 24.7 Å². The molecule has 4 rings (SSSR count). The molecule has 2 aromatic heterocycles. The lowest BCUT2D eigenvalue weighted by Gasteiger charge is -2.30. The zero-order valence-corrected chi connectivity index (χ0v) is 15.8. The van der Waals surface area contributed by atoms with E-state index in [0.29, 0.717) is 35.2 Å². The molecule has 1 aliphatic heterocycles. The Labute approximate surface area is 156 Å². The minimum absolute atomic E-state index is 0.125. The normalized spacial score (nSPS) is 19.2. The number of nitrogens with zero attached hydrogens (tertiary/aromatic N) is 3. The molecule has 1 aliphatic rings. The zero-order valence-electron chi connectivity index (χ0n) is 14.2. The number of aromatic nitrogens is 2. The van der Waals surface area contributed by atoms with Crippen LogP contribution in [0.5, 0.6) is 0 Å². The number of benzene rings is 1. The molecule has 0 radical (unpaired) electrons. The standard InChI is InChI=1S/C18H18ClN3O3S/c1-12-3-2-8-21(10-12)26(24,25)14-5-6-16-15(9-14)18(23)20-17-7-4-13(19)11-22(16)17/h4-7,9,11-12H,2-3,8,10H2,1H3/t12-/m1/s1. The quantitative estimate of drug-likeness (QED) is 0.630. The van der Waals surface area contributed by atoms with Gasteiger partial charge in [-0.1, -0.05) is 18.5 Å². The first-order valence-corrected chi connectivity index (χ1v) is 10.3. The number of halogens is 1. The van der Waals surface area contributed by atoms with E-state index in [2.05, 4.69) is 4.98 Å². The average molecular weight is 392 g/mol. The molecular formula is C18H18ClN3O3S. The van der Waals surface area contributed by atoms with Gasteiger partial charge in [-0.3, -0.25) is 9.20 Å². The molecule has 8 heteroatoms. The second kappa shape index (κ2) is 6.33. The summed E-state index contributed by atoms with van der Waals surface area (Å²) in [5.74, 6) is 0.331. The van der Waals surface area contributed by atoms with Gasteiger partial charge in [0, 0.05) is 19.3 Å². The van der Waals surface area contributed by atoms with Gasteiger partial charge in [-0.15, -0.1) is 0 Å². The fraction of sp³-hybridized carbons (Fsp3) is 0.333. The molecule has 3 heterocycles. The lowest BCUT2D eigenvalue weighted by atomic mass is 10.0. The van der Waals surface area contributed by atoms with Crippen molar-refractivity contribution < 1.29 is 8.42 Å². The van der Waals surface area contributed by atoms with Crippen LogP contribution in [0.2, 0.25) is 5.02 Å². The Kier molecular flexibility index (Phi) is 4.25. The predicted octanol–water partition coefficient (Wildman–Crippen LogP) is 2.92. The van der Waals surface area contributed by atoms with Crippen LogP contribution >= 0.6 is 11.6 Å². The highest BCUT2D eigenvalue weighted by molar-refractivity contribution is 7.89. The van der Waals surface area contributed by atoms with E-state index in [9.17, 15) is 13.2 Å². The fourth-order valence-corrected chi connectivity index (χ4v) is 5.27. The SMILES string of the molecule is C[C@@H]1CCCN(S(=O)(=O)c2ccc3c(c2)c(=O)nc2ccc(Cl)cn23)C1. The molecule has 0 amide bonds. The van der Waals surface area contributed by atoms with E-state index in [1.807, 2.05) is 6.92 Å². The van der Waals surface area contributed by atoms with E-state index in [0.717, 1.165) is 12.8 Å². The molecule has 6 nitrogen and oxygen atoms in total. The van der Waals surface area contributed by atoms with E-state index < -0.39 is 15.6 Å². The van der Waals surface area contributed by atoms with Gasteiger partial charge in [-0.25, -0.2) is 8.42 Å². The van der Waals surface area contributed by atoms with Crippen LogP contribution in [0.3, 0.4) is 0 Å². The molecule has 3 aromatic rings. The van der Waals surface area contributed by atoms with Gasteiger partial charge in [0.15, 0.2) is 0 Å². The minimum Gasteiger partial charge on any atom is -0.299 e. The van der Waals surface area contributed by atoms with Crippen molar-refractivity contribution >= 4 is 38.2 Å². The highest BCUT2D eigenvalue weighted by Gasteiger charge is 2.29. The summed E-state index contributed by atoms with van der Waals surface area (Å²) in [5.41, 5.74) is 0.590. The Balaban J connectivity index is 1.89. The lowest BCUT2D eigenvalue weighted by Crippen LogP contribution is -2.39. The van der Waals surface area contributed by atoms with Gasteiger partial charge in [0.1, 0.15) is 5.65 Å². The average Bonchev–Trinajstić information content (AvgIpc) is 2.62. The highest BCUT2D eigenvalue weighted by atomic mass is 35.5. The van der Waals surface area contributed by atoms with Crippen LogP contribution in [0.25, 0.3) is 16.6 Å². The van der Waals surface area contributed by atoms with Crippen LogP contribution < -0.4 is 5.56 Å². The maximum atomic E-state index is 13.0. The van der Waals surface area contributed by atoms with Gasteiger partial charge in [0.25, 0.3) is 5.56 Å². The molecule has 26 heavy (non-hydrogen) atoms. The van der Waals surface area contributed by atoms with E-state index in [-0.39, 0.29) is 10.3 Å². The summed E-state index contributed by atoms with van der Waals surface area (Å²) in [5, 5.41) is 0.763. The van der Waals surface area contributed by atoms with Gasteiger partial charge in [-0.2, -0.15) is 9.29 Å². The number of sulfonamides is 1. The van der Waals surface area contributed by atoms with Crippen LogP contribution in [0.1, 0.15) is 19.8 Å². The Morgan fingerprint density at radius 1 is 1.23 bits per heavy atom. The largest absolute Gasteiger partial charge is 0.299 e. The number of piperidine rings is 1. The molecule has 136 valence electrons. The molecule has 0 aliphatic carbocycles. The molecule has 1 aromatic carbocycles. The Hall–Kier alpha value is -1.96. The molecule has 0 N–H and O–H groups in total. The highest BCUT2D eigenvalue weighted by Crippen LogP contribution is 2.25. The maximum absolute atomic E-state index is 13.0. The first-order valence-electron chi connectivity index (χ1n) is 8.48. The monoisotopic (exact) mass is 391 g/mol. The topological polar surface area (TPSA) is 71.8 Å². The summed E-state index contributed by atoms with van der Waals surface area (Å²) in [6.45, 7) is 3.06. The van der Waals surface area contributed by atoms with Crippen molar-refractivity contribution in [2.75, 3.05) is 13.1 Å². The van der Waals surface area contributed by atoms with Gasteiger partial charge < -0.3 is 0 Å². The second-order valence-corrected chi connectivity index (χ2v) is 9.16. The van der Waals surface area contributed by atoms with Crippen molar-refractivity contribution in [1.29, 1.82) is 0 Å². The number of hydrogen-bond donors (Lipinski definition) is 0. The van der Waals surface area contributed by atoms with Gasteiger partial charge in [-0.05, 0) is 49.1 Å². The van der Waals surface area contributed by atoms with E-state index in [1.54, 1.807) is 34.9 Å². The molecule has 1 atom stereocenters. The first kappa shape index (κ1) is 17.5. The third kappa shape index (κ3) is 2.90. The lowest BCUT2D eigenvalue weighted by molar-refractivity contribution is 0.281. The van der Waals surface area contributed by atoms with Gasteiger partial charge in [0.05, 0.1) is 20.8 Å². The number of rotatable bonds is 2. The summed E-state index contributed by atoms with van der Waals surface area (Å²) in [6, 6.07) is 7.92. The van der Waals surface area contributed by atoms with E-state index in [1.165, 1.54) is 10.4 Å². The van der Waals surface area contributed by atoms with Crippen LogP contribution in [-0.2, 0) is 10.0 Å². The van der Waals surface area contributed by atoms with Crippen molar-refractivity contribution in [3.05, 3.63) is 51.9 Å². The summed E-state index contributed by atoms with van der Waals surface area (Å²) in [4.78, 5) is 16.6. The van der Waals surface area contributed by atoms with Crippen LogP contribution in [0.4, 0.5) is 0 Å². The maximum Gasteiger partial charge on any atom is 0.281 e. The molecule has 0 spiro atoms. The van der Waals surface area contributed by atoms with E-state index in [4.69, 9.17) is 11.6 Å². The van der Waals surface area contributed by atoms with Crippen LogP contribution in [0, 0.1) is 5.92 Å². The van der Waals surface area contributed by atoms with Gasteiger partial charge in [0.2, 0.25) is 10.0 Å². The Bertz CT molecular complexity index is 1170. The molecular weight excluding hydrogens is 374 g/mol. The predicted molar refractivity (Wildman–Crippen MR) is 101 cm³/mol. The van der Waals surface area contributed by atoms with Crippen LogP contribution in [-0.4, -0.2) is 35.2 Å². The molecule has 0 unspecified atom stereocenters. The third-order valence-electron chi connectivity index (χ3n) is 4.82. The minimum atomic E-state index is -3.63. The smallest absolute Gasteiger partial charge is 0.281 e. The van der Waals surface area contributed by atoms with Crippen molar-refractivity contribution in [1.82, 2.24) is 13.7 Å². The summed E-state index contributed by atoms with van der Waals surface area (Å²) in [6.07, 6.45) is 3.54. The van der Waals surface area contributed by atoms with Crippen molar-refractivity contribution in [3.8, 4) is 0 Å². The summed E-state index contributed by atoms with van der Waals surface area (Å²) in [7, 11) is -3.63. The molecule has 1 saturated heterocycles. The summed E-state index contributed by atoms with van der Waals surface area (Å²) < 4.78 is 29.2. The number of fused-ring (bicyclic) bond motifs is 3. The van der Waals surface area contributed by atoms with Crippen molar-refractivity contribution in [3.63, 3.8) is 0 Å². The molecule has 1 fully saturated rings. The summed E-state index contributed by atoms with van der Waals surface area (Å²) >= 11 is 6.05.